The average molecular weight is 443 g/mol. The fourth-order valence-electron chi connectivity index (χ4n) is 3.60. The van der Waals surface area contributed by atoms with Gasteiger partial charge in [0, 0.05) is 30.2 Å². The van der Waals surface area contributed by atoms with Gasteiger partial charge in [0.25, 0.3) is 0 Å². The van der Waals surface area contributed by atoms with Crippen molar-refractivity contribution >= 4 is 17.6 Å². The third-order valence-electron chi connectivity index (χ3n) is 5.24. The molecule has 0 radical (unpaired) electrons. The number of rotatable bonds is 7. The van der Waals surface area contributed by atoms with Crippen LogP contribution in [0.4, 0.5) is 0 Å². The Morgan fingerprint density at radius 1 is 1.13 bits per heavy atom. The van der Waals surface area contributed by atoms with E-state index in [1.807, 2.05) is 24.3 Å². The summed E-state index contributed by atoms with van der Waals surface area (Å²) in [5, 5.41) is 14.2. The molecule has 4 rings (SSSR count). The molecule has 0 spiro atoms. The van der Waals surface area contributed by atoms with Crippen molar-refractivity contribution in [2.24, 2.45) is 0 Å². The van der Waals surface area contributed by atoms with Gasteiger partial charge in [0.15, 0.2) is 5.82 Å². The number of carbonyl (C=O) groups is 1. The number of aromatic nitrogens is 3. The van der Waals surface area contributed by atoms with E-state index in [-0.39, 0.29) is 5.82 Å². The first-order valence-corrected chi connectivity index (χ1v) is 10.5. The van der Waals surface area contributed by atoms with Crippen LogP contribution < -0.4 is 5.69 Å². The fraction of sp³-hybridized carbons (Fsp3) is 0.318. The lowest BCUT2D eigenvalue weighted by atomic mass is 10.1. The zero-order valence-corrected chi connectivity index (χ0v) is 17.7. The molecule has 1 aromatic heterocycles. The van der Waals surface area contributed by atoms with Gasteiger partial charge < -0.3 is 9.84 Å². The summed E-state index contributed by atoms with van der Waals surface area (Å²) in [6.07, 6.45) is 0.899. The predicted octanol–water partition coefficient (Wildman–Crippen LogP) is 2.31. The number of hydrogen-bond acceptors (Lipinski definition) is 5. The van der Waals surface area contributed by atoms with Gasteiger partial charge in [-0.1, -0.05) is 35.9 Å². The number of hydrogen-bond donors (Lipinski definition) is 1. The first-order valence-electron chi connectivity index (χ1n) is 10.1. The van der Waals surface area contributed by atoms with Crippen LogP contribution in [0.15, 0.2) is 53.3 Å². The normalized spacial score (nSPS) is 14.6. The second-order valence-corrected chi connectivity index (χ2v) is 7.82. The summed E-state index contributed by atoms with van der Waals surface area (Å²) < 4.78 is 7.74. The third-order valence-corrected chi connectivity index (χ3v) is 5.48. The molecule has 9 heteroatoms. The lowest BCUT2D eigenvalue weighted by Crippen LogP contribution is -2.37. The van der Waals surface area contributed by atoms with Crippen LogP contribution in [0.5, 0.6) is 0 Å². The molecule has 31 heavy (non-hydrogen) atoms. The molecule has 1 aliphatic heterocycles. The van der Waals surface area contributed by atoms with Crippen LogP contribution in [0.2, 0.25) is 5.02 Å². The molecule has 1 aliphatic rings. The van der Waals surface area contributed by atoms with Crippen LogP contribution >= 0.6 is 11.6 Å². The van der Waals surface area contributed by atoms with E-state index in [9.17, 15) is 14.7 Å². The molecule has 0 aliphatic carbocycles. The Hall–Kier alpha value is -2.94. The Labute approximate surface area is 184 Å². The minimum atomic E-state index is -1.12. The lowest BCUT2D eigenvalue weighted by molar-refractivity contribution is -0.137. The molecule has 0 amide bonds. The molecule has 2 heterocycles. The molecule has 3 aromatic rings. The molecule has 1 saturated heterocycles. The summed E-state index contributed by atoms with van der Waals surface area (Å²) in [5.41, 5.74) is 1.79. The monoisotopic (exact) mass is 442 g/mol. The summed E-state index contributed by atoms with van der Waals surface area (Å²) in [7, 11) is 0. The summed E-state index contributed by atoms with van der Waals surface area (Å²) >= 11 is 6.07. The number of morpholine rings is 1. The van der Waals surface area contributed by atoms with Crippen molar-refractivity contribution < 1.29 is 14.6 Å². The van der Waals surface area contributed by atoms with Crippen molar-refractivity contribution in [3.8, 4) is 17.1 Å². The van der Waals surface area contributed by atoms with Crippen molar-refractivity contribution in [1.29, 1.82) is 0 Å². The Kier molecular flexibility index (Phi) is 6.50. The summed E-state index contributed by atoms with van der Waals surface area (Å²) in [6, 6.07) is 14.4. The largest absolute Gasteiger partial charge is 0.480 e. The van der Waals surface area contributed by atoms with Gasteiger partial charge in [0.05, 0.1) is 18.9 Å². The minimum absolute atomic E-state index is 0.256. The van der Waals surface area contributed by atoms with E-state index in [4.69, 9.17) is 16.3 Å². The predicted molar refractivity (Wildman–Crippen MR) is 117 cm³/mol. The van der Waals surface area contributed by atoms with E-state index >= 15 is 0 Å². The second-order valence-electron chi connectivity index (χ2n) is 7.38. The zero-order valence-electron chi connectivity index (χ0n) is 16.9. The number of carboxylic acid groups (broad SMARTS) is 1. The number of halogens is 1. The van der Waals surface area contributed by atoms with E-state index < -0.39 is 18.2 Å². The first-order chi connectivity index (χ1) is 15.0. The van der Waals surface area contributed by atoms with Gasteiger partial charge in [-0.15, -0.1) is 5.10 Å². The standard InChI is InChI=1S/C22H23ClN4O4/c23-18-3-1-2-17(14-18)21-24-27(22(30)26(21)15-20(28)29)19-6-4-16(5-7-19)8-9-25-10-12-31-13-11-25/h1-7,14H,8-13,15H2,(H,28,29). The Morgan fingerprint density at radius 3 is 2.55 bits per heavy atom. The number of carboxylic acids is 1. The van der Waals surface area contributed by atoms with Gasteiger partial charge in [0.2, 0.25) is 0 Å². The number of benzene rings is 2. The van der Waals surface area contributed by atoms with Crippen LogP contribution in [0.25, 0.3) is 17.1 Å². The highest BCUT2D eigenvalue weighted by molar-refractivity contribution is 6.30. The van der Waals surface area contributed by atoms with Crippen molar-refractivity contribution in [2.45, 2.75) is 13.0 Å². The molecule has 0 atom stereocenters. The maximum atomic E-state index is 12.9. The highest BCUT2D eigenvalue weighted by Crippen LogP contribution is 2.21. The Bertz CT molecular complexity index is 1120. The van der Waals surface area contributed by atoms with Crippen LogP contribution in [-0.4, -0.2) is 63.2 Å². The summed E-state index contributed by atoms with van der Waals surface area (Å²) in [6.45, 7) is 3.90. The third kappa shape index (κ3) is 5.04. The highest BCUT2D eigenvalue weighted by atomic mass is 35.5. The summed E-state index contributed by atoms with van der Waals surface area (Å²) in [5.74, 6) is -0.866. The van der Waals surface area contributed by atoms with E-state index in [2.05, 4.69) is 10.00 Å². The van der Waals surface area contributed by atoms with Gasteiger partial charge >= 0.3 is 11.7 Å². The molecule has 0 saturated carbocycles. The van der Waals surface area contributed by atoms with E-state index in [0.717, 1.165) is 49.4 Å². The topological polar surface area (TPSA) is 89.6 Å². The molecule has 1 fully saturated rings. The van der Waals surface area contributed by atoms with Crippen molar-refractivity contribution in [3.05, 3.63) is 69.6 Å². The maximum Gasteiger partial charge on any atom is 0.351 e. The number of aliphatic carboxylic acids is 1. The lowest BCUT2D eigenvalue weighted by Gasteiger charge is -2.26. The fourth-order valence-corrected chi connectivity index (χ4v) is 3.79. The van der Waals surface area contributed by atoms with E-state index in [1.165, 1.54) is 4.68 Å². The van der Waals surface area contributed by atoms with Gasteiger partial charge in [0.1, 0.15) is 6.54 Å². The van der Waals surface area contributed by atoms with Gasteiger partial charge in [-0.3, -0.25) is 14.3 Å². The zero-order chi connectivity index (χ0) is 21.8. The molecule has 8 nitrogen and oxygen atoms in total. The summed E-state index contributed by atoms with van der Waals surface area (Å²) in [4.78, 5) is 26.6. The van der Waals surface area contributed by atoms with E-state index in [0.29, 0.717) is 16.3 Å². The molecule has 0 unspecified atom stereocenters. The Balaban J connectivity index is 1.60. The Morgan fingerprint density at radius 2 is 1.87 bits per heavy atom. The van der Waals surface area contributed by atoms with Gasteiger partial charge in [-0.05, 0) is 36.2 Å². The number of ether oxygens (including phenoxy) is 1. The molecular weight excluding hydrogens is 420 g/mol. The van der Waals surface area contributed by atoms with Crippen LogP contribution in [-0.2, 0) is 22.5 Å². The van der Waals surface area contributed by atoms with Gasteiger partial charge in [-0.25, -0.2) is 4.79 Å². The molecule has 162 valence electrons. The van der Waals surface area contributed by atoms with E-state index in [1.54, 1.807) is 24.3 Å². The first kappa shape index (κ1) is 21.3. The molecular formula is C22H23ClN4O4. The van der Waals surface area contributed by atoms with Crippen molar-refractivity contribution in [3.63, 3.8) is 0 Å². The van der Waals surface area contributed by atoms with Crippen LogP contribution in [0, 0.1) is 0 Å². The molecule has 2 aromatic carbocycles. The molecule has 1 N–H and O–H groups in total. The highest BCUT2D eigenvalue weighted by Gasteiger charge is 2.18. The SMILES string of the molecule is O=C(O)Cn1c(-c2cccc(Cl)c2)nn(-c2ccc(CCN3CCOCC3)cc2)c1=O. The second kappa shape index (κ2) is 9.47. The van der Waals surface area contributed by atoms with Crippen molar-refractivity contribution in [2.75, 3.05) is 32.8 Å². The maximum absolute atomic E-state index is 12.9. The quantitative estimate of drug-likeness (QED) is 0.604. The van der Waals surface area contributed by atoms with Crippen LogP contribution in [0.3, 0.4) is 0 Å². The average Bonchev–Trinajstić information content (AvgIpc) is 3.09. The van der Waals surface area contributed by atoms with Crippen LogP contribution in [0.1, 0.15) is 5.56 Å². The minimum Gasteiger partial charge on any atom is -0.480 e. The van der Waals surface area contributed by atoms with Gasteiger partial charge in [-0.2, -0.15) is 4.68 Å². The number of nitrogens with zero attached hydrogens (tertiary/aromatic N) is 4. The van der Waals surface area contributed by atoms with Crippen molar-refractivity contribution in [1.82, 2.24) is 19.2 Å². The molecule has 0 bridgehead atoms. The smallest absolute Gasteiger partial charge is 0.351 e.